The summed E-state index contributed by atoms with van der Waals surface area (Å²) in [6.45, 7) is 0. The van der Waals surface area contributed by atoms with Crippen molar-refractivity contribution in [3.8, 4) is 16.1 Å². The summed E-state index contributed by atoms with van der Waals surface area (Å²) in [4.78, 5) is 6.53. The molecule has 4 nitrogen and oxygen atoms in total. The van der Waals surface area contributed by atoms with Crippen LogP contribution in [0, 0.1) is 0 Å². The number of nitrogens with one attached hydrogen (secondary N) is 2. The van der Waals surface area contributed by atoms with Crippen LogP contribution in [0.2, 0.25) is 0 Å². The van der Waals surface area contributed by atoms with Crippen LogP contribution in [-0.4, -0.2) is 10.4 Å². The van der Waals surface area contributed by atoms with Gasteiger partial charge in [0.25, 0.3) is 0 Å². The number of aliphatic imine (C=N–C) groups is 1. The molecule has 0 bridgehead atoms. The predicted molar refractivity (Wildman–Crippen MR) is 209 cm³/mol. The summed E-state index contributed by atoms with van der Waals surface area (Å²) in [6, 6.07) is 58.2. The number of aromatic nitrogens is 1. The predicted octanol–water partition coefficient (Wildman–Crippen LogP) is 11.2. The van der Waals surface area contributed by atoms with Crippen LogP contribution in [0.5, 0.6) is 0 Å². The van der Waals surface area contributed by atoms with Crippen LogP contribution < -0.4 is 10.6 Å². The van der Waals surface area contributed by atoms with Crippen molar-refractivity contribution in [3.63, 3.8) is 0 Å². The van der Waals surface area contributed by atoms with Gasteiger partial charge in [0.2, 0.25) is 0 Å². The van der Waals surface area contributed by atoms with Gasteiger partial charge in [0, 0.05) is 43.9 Å². The summed E-state index contributed by atoms with van der Waals surface area (Å²) in [5, 5.41) is 9.01. The molecule has 0 spiro atoms. The van der Waals surface area contributed by atoms with Gasteiger partial charge < -0.3 is 15.2 Å². The Bertz CT molecular complexity index is 2580. The molecule has 0 radical (unpaired) electrons. The Morgan fingerprint density at radius 2 is 1.26 bits per heavy atom. The van der Waals surface area contributed by atoms with Crippen LogP contribution >= 0.6 is 11.3 Å². The van der Waals surface area contributed by atoms with E-state index in [0.29, 0.717) is 0 Å². The van der Waals surface area contributed by atoms with Crippen molar-refractivity contribution in [2.75, 3.05) is 5.32 Å². The molecular formula is C45H32N4S. The third-order valence-corrected chi connectivity index (χ3v) is 11.1. The number of thiophene rings is 1. The van der Waals surface area contributed by atoms with Crippen molar-refractivity contribution in [1.82, 2.24) is 9.88 Å². The average Bonchev–Trinajstić information content (AvgIpc) is 3.74. The first-order valence-corrected chi connectivity index (χ1v) is 17.9. The van der Waals surface area contributed by atoms with E-state index >= 15 is 0 Å². The number of rotatable bonds is 5. The molecule has 6 aromatic carbocycles. The zero-order valence-corrected chi connectivity index (χ0v) is 27.9. The first kappa shape index (κ1) is 28.8. The fourth-order valence-corrected chi connectivity index (χ4v) is 8.96. The molecule has 2 unspecified atom stereocenters. The molecule has 0 fully saturated rings. The minimum Gasteiger partial charge on any atom is -0.373 e. The summed E-state index contributed by atoms with van der Waals surface area (Å²) in [7, 11) is 0. The van der Waals surface area contributed by atoms with Gasteiger partial charge in [0.05, 0.1) is 33.5 Å². The van der Waals surface area contributed by atoms with Crippen molar-refractivity contribution in [2.24, 2.45) is 4.99 Å². The lowest BCUT2D eigenvalue weighted by molar-refractivity contribution is 0.781. The molecule has 0 saturated carbocycles. The molecule has 0 amide bonds. The SMILES string of the molecule is C1=C(c2ccc3c(c2)NC(c2ccccc2)c2c-3sc3c4ccccc4n(-c4ccccc4)c23)N=C(c2ccccc2)NC1c1ccccc1. The number of anilines is 1. The van der Waals surface area contributed by atoms with Crippen LogP contribution in [0.15, 0.2) is 175 Å². The molecule has 10 rings (SSSR count). The molecule has 2 aliphatic rings. The van der Waals surface area contributed by atoms with Crippen LogP contribution in [0.1, 0.15) is 39.9 Å². The number of hydrogen-bond donors (Lipinski definition) is 2. The van der Waals surface area contributed by atoms with Gasteiger partial charge in [-0.2, -0.15) is 0 Å². The largest absolute Gasteiger partial charge is 0.373 e. The standard InChI is InChI=1S/C45H32N4S/c1-5-15-29(16-6-1)36-28-37(48-45(47-36)31-19-9-3-10-20-31)32-25-26-34-38(27-32)46-41(30-17-7-2-8-18-30)40-42-44(50-43(34)40)35-23-13-14-24-39(35)49(42)33-21-11-4-12-22-33/h1-28,36,41,46H,(H,47,48). The van der Waals surface area contributed by atoms with Crippen LogP contribution in [0.25, 0.3) is 42.9 Å². The number of fused-ring (bicyclic) bond motifs is 7. The smallest absolute Gasteiger partial charge is 0.134 e. The summed E-state index contributed by atoms with van der Waals surface area (Å²) in [6.07, 6.45) is 2.25. The van der Waals surface area contributed by atoms with Gasteiger partial charge in [0.15, 0.2) is 0 Å². The molecule has 238 valence electrons. The maximum atomic E-state index is 5.21. The molecule has 50 heavy (non-hydrogen) atoms. The molecule has 2 N–H and O–H groups in total. The van der Waals surface area contributed by atoms with Gasteiger partial charge in [-0.15, -0.1) is 11.3 Å². The Hall–Kier alpha value is -6.17. The summed E-state index contributed by atoms with van der Waals surface area (Å²) in [5.41, 5.74) is 12.9. The number of amidine groups is 1. The van der Waals surface area contributed by atoms with Gasteiger partial charge in [-0.05, 0) is 41.5 Å². The number of hydrogen-bond acceptors (Lipinski definition) is 4. The molecule has 0 aliphatic carbocycles. The van der Waals surface area contributed by atoms with E-state index in [-0.39, 0.29) is 12.1 Å². The lowest BCUT2D eigenvalue weighted by Crippen LogP contribution is -2.31. The fourth-order valence-electron chi connectivity index (χ4n) is 7.56. The lowest BCUT2D eigenvalue weighted by Gasteiger charge is -2.30. The number of para-hydroxylation sites is 2. The summed E-state index contributed by atoms with van der Waals surface area (Å²) in [5.74, 6) is 0.876. The van der Waals surface area contributed by atoms with Gasteiger partial charge in [-0.3, -0.25) is 0 Å². The van der Waals surface area contributed by atoms with E-state index in [0.717, 1.165) is 28.3 Å². The maximum absolute atomic E-state index is 5.21. The summed E-state index contributed by atoms with van der Waals surface area (Å²) < 4.78 is 3.78. The van der Waals surface area contributed by atoms with Crippen molar-refractivity contribution >= 4 is 49.7 Å². The van der Waals surface area contributed by atoms with E-state index in [1.54, 1.807) is 0 Å². The number of benzene rings is 6. The first-order valence-electron chi connectivity index (χ1n) is 17.0. The molecular weight excluding hydrogens is 629 g/mol. The third kappa shape index (κ3) is 4.70. The molecule has 2 atom stereocenters. The van der Waals surface area contributed by atoms with E-state index in [9.17, 15) is 0 Å². The highest BCUT2D eigenvalue weighted by Crippen LogP contribution is 2.53. The van der Waals surface area contributed by atoms with E-state index in [4.69, 9.17) is 4.99 Å². The van der Waals surface area contributed by atoms with Gasteiger partial charge in [0.1, 0.15) is 5.84 Å². The van der Waals surface area contributed by atoms with Crippen LogP contribution in [0.3, 0.4) is 0 Å². The first-order chi connectivity index (χ1) is 24.8. The highest BCUT2D eigenvalue weighted by Gasteiger charge is 2.33. The minimum atomic E-state index is -0.0306. The molecule has 4 heterocycles. The summed E-state index contributed by atoms with van der Waals surface area (Å²) >= 11 is 1.91. The molecule has 2 aromatic heterocycles. The number of nitrogens with zero attached hydrogens (tertiary/aromatic N) is 2. The normalized spacial score (nSPS) is 16.6. The highest BCUT2D eigenvalue weighted by molar-refractivity contribution is 7.23. The van der Waals surface area contributed by atoms with E-state index in [1.807, 2.05) is 17.4 Å². The lowest BCUT2D eigenvalue weighted by atomic mass is 9.90. The Morgan fingerprint density at radius 1 is 0.600 bits per heavy atom. The van der Waals surface area contributed by atoms with Gasteiger partial charge in [-0.1, -0.05) is 140 Å². The van der Waals surface area contributed by atoms with E-state index < -0.39 is 0 Å². The molecule has 0 saturated heterocycles. The van der Waals surface area contributed by atoms with Crippen molar-refractivity contribution in [3.05, 3.63) is 198 Å². The van der Waals surface area contributed by atoms with E-state index in [2.05, 4.69) is 179 Å². The molecule has 2 aliphatic heterocycles. The topological polar surface area (TPSA) is 41.4 Å². The Balaban J connectivity index is 1.18. The zero-order chi connectivity index (χ0) is 33.0. The Kier molecular flexibility index (Phi) is 6.78. The van der Waals surface area contributed by atoms with Crippen LogP contribution in [-0.2, 0) is 0 Å². The Labute approximate surface area is 294 Å². The second-order valence-electron chi connectivity index (χ2n) is 12.9. The van der Waals surface area contributed by atoms with E-state index in [1.165, 1.54) is 53.9 Å². The van der Waals surface area contributed by atoms with Crippen molar-refractivity contribution in [2.45, 2.75) is 12.1 Å². The molecule has 8 aromatic rings. The van der Waals surface area contributed by atoms with Gasteiger partial charge >= 0.3 is 0 Å². The van der Waals surface area contributed by atoms with Crippen LogP contribution in [0.4, 0.5) is 5.69 Å². The third-order valence-electron chi connectivity index (χ3n) is 9.88. The molecule has 5 heteroatoms. The Morgan fingerprint density at radius 3 is 2.02 bits per heavy atom. The van der Waals surface area contributed by atoms with Crippen molar-refractivity contribution in [1.29, 1.82) is 0 Å². The maximum Gasteiger partial charge on any atom is 0.134 e. The fraction of sp³-hybridized carbons (Fsp3) is 0.0444. The van der Waals surface area contributed by atoms with Crippen molar-refractivity contribution < 1.29 is 0 Å². The second kappa shape index (κ2) is 11.8. The highest BCUT2D eigenvalue weighted by atomic mass is 32.1. The quantitative estimate of drug-likeness (QED) is 0.193. The zero-order valence-electron chi connectivity index (χ0n) is 27.1. The second-order valence-corrected chi connectivity index (χ2v) is 13.9. The average molecular weight is 661 g/mol. The monoisotopic (exact) mass is 660 g/mol. The van der Waals surface area contributed by atoms with Gasteiger partial charge in [-0.25, -0.2) is 4.99 Å². The minimum absolute atomic E-state index is 0.00382.